The van der Waals surface area contributed by atoms with Crippen LogP contribution in [-0.4, -0.2) is 247 Å². The Bertz CT molecular complexity index is 2540. The number of carbonyl (C=O) groups excluding carboxylic acids is 3. The number of aromatic nitrogens is 3. The molecule has 0 radical (unpaired) electrons. The number of pyridine rings is 1. The Morgan fingerprint density at radius 3 is 2.05 bits per heavy atom. The molecule has 5 rings (SSSR count). The minimum absolute atomic E-state index is 0.0421. The number of aryl methyl sites for hydroxylation is 1. The molecule has 26 heteroatoms. The predicted molar refractivity (Wildman–Crippen MR) is 306 cm³/mol. The van der Waals surface area contributed by atoms with E-state index >= 15 is 0 Å². The van der Waals surface area contributed by atoms with Crippen LogP contribution < -0.4 is 31.9 Å². The number of likely N-dealkylation sites (N-methyl/N-ethyl adjacent to an activating group) is 1. The first-order valence-corrected chi connectivity index (χ1v) is 28.0. The Morgan fingerprint density at radius 2 is 1.41 bits per heavy atom. The van der Waals surface area contributed by atoms with Crippen LogP contribution in [-0.2, 0) is 47.7 Å². The van der Waals surface area contributed by atoms with Gasteiger partial charge in [0.05, 0.1) is 115 Å². The van der Waals surface area contributed by atoms with Crippen LogP contribution >= 0.6 is 11.6 Å². The average Bonchev–Trinajstić information content (AvgIpc) is 3.97. The number of imidazole rings is 1. The number of nitrogens with zero attached hydrogens (tertiary/aromatic N) is 6. The van der Waals surface area contributed by atoms with Crippen LogP contribution in [0.5, 0.6) is 0 Å². The summed E-state index contributed by atoms with van der Waals surface area (Å²) in [5.41, 5.74) is 11.6. The second-order valence-corrected chi connectivity index (χ2v) is 19.8. The number of aldehydes is 1. The molecule has 3 heterocycles. The molecule has 1 fully saturated rings. The van der Waals surface area contributed by atoms with E-state index in [9.17, 15) is 33.5 Å². The molecule has 0 spiro atoms. The van der Waals surface area contributed by atoms with E-state index in [-0.39, 0.29) is 62.9 Å². The van der Waals surface area contributed by atoms with Crippen molar-refractivity contribution in [2.75, 3.05) is 181 Å². The minimum Gasteiger partial charge on any atom is -0.480 e. The monoisotopic (exact) mass is 1160 g/mol. The molecule has 2 aromatic heterocycles. The van der Waals surface area contributed by atoms with E-state index in [1.807, 2.05) is 36.9 Å². The van der Waals surface area contributed by atoms with Crippen molar-refractivity contribution in [3.8, 4) is 22.5 Å². The largest absolute Gasteiger partial charge is 0.480 e. The van der Waals surface area contributed by atoms with Crippen molar-refractivity contribution >= 4 is 64.2 Å². The third-order valence-electron chi connectivity index (χ3n) is 13.1. The number of benzene rings is 2. The van der Waals surface area contributed by atoms with Crippen molar-refractivity contribution in [1.29, 1.82) is 0 Å². The van der Waals surface area contributed by atoms with Crippen molar-refractivity contribution in [2.24, 2.45) is 5.73 Å². The van der Waals surface area contributed by atoms with Crippen LogP contribution in [0.3, 0.4) is 0 Å². The number of aliphatic carboxylic acids is 2. The van der Waals surface area contributed by atoms with Gasteiger partial charge in [-0.25, -0.2) is 14.4 Å². The lowest BCUT2D eigenvalue weighted by molar-refractivity contribution is -0.139. The number of rotatable bonds is 43. The van der Waals surface area contributed by atoms with Crippen molar-refractivity contribution in [3.63, 3.8) is 0 Å². The number of fused-ring (bicyclic) bond motifs is 1. The summed E-state index contributed by atoms with van der Waals surface area (Å²) in [6.07, 6.45) is 4.27. The zero-order chi connectivity index (χ0) is 58.2. The lowest BCUT2D eigenvalue weighted by Gasteiger charge is -2.35. The average molecular weight is 1160 g/mol. The molecule has 4 aromatic rings. The van der Waals surface area contributed by atoms with Crippen LogP contribution in [0.25, 0.3) is 33.5 Å². The maximum absolute atomic E-state index is 14.9. The Balaban J connectivity index is 0.871. The second kappa shape index (κ2) is 37.2. The van der Waals surface area contributed by atoms with Gasteiger partial charge in [0, 0.05) is 101 Å². The van der Waals surface area contributed by atoms with E-state index in [0.717, 1.165) is 47.0 Å². The zero-order valence-electron chi connectivity index (χ0n) is 46.7. The van der Waals surface area contributed by atoms with Gasteiger partial charge in [0.2, 0.25) is 11.8 Å². The summed E-state index contributed by atoms with van der Waals surface area (Å²) in [5, 5.41) is 31.2. The summed E-state index contributed by atoms with van der Waals surface area (Å²) in [7, 11) is 0. The highest BCUT2D eigenvalue weighted by molar-refractivity contribution is 6.31. The number of hydrogen-bond acceptors (Lipinski definition) is 19. The van der Waals surface area contributed by atoms with Crippen molar-refractivity contribution in [3.05, 3.63) is 59.0 Å². The molecule has 24 nitrogen and oxygen atoms in total. The van der Waals surface area contributed by atoms with Gasteiger partial charge in [-0.1, -0.05) is 24.6 Å². The number of H-pyrrole nitrogens is 1. The summed E-state index contributed by atoms with van der Waals surface area (Å²) >= 11 is 6.35. The summed E-state index contributed by atoms with van der Waals surface area (Å²) in [4.78, 5) is 79.6. The molecule has 9 N–H and O–H groups in total. The molecule has 1 saturated heterocycles. The molecule has 81 heavy (non-hydrogen) atoms. The molecule has 1 aliphatic rings. The van der Waals surface area contributed by atoms with E-state index in [4.69, 9.17) is 56.1 Å². The standard InChI is InChI=1S/C55H82ClFN12O12/c1-3-66(38-50(73)74)16-17-67(20-21-70)18-19-68(39-51(75)76)15-11-59-37-49(72)61-12-23-78-25-27-80-29-31-81-30-28-79-26-24-77-22-8-48(71)60-9-10-62-54-52(55-64-46-5-4-42(56)35-47(46)65-55)53(69-13-6-44(58)7-14-69)45(36-63-54)41-32-40(2)33-43(57)34-41/h4-5,21,32-36,44,59H,3,6-20,22-31,37-39,58H2,1-2H3,(H,60,71)(H,61,72)(H,62,63)(H,64,65)(H,73,74)(H,75,76). The van der Waals surface area contributed by atoms with E-state index in [2.05, 4.69) is 31.2 Å². The van der Waals surface area contributed by atoms with Gasteiger partial charge in [0.25, 0.3) is 0 Å². The van der Waals surface area contributed by atoms with Crippen molar-refractivity contribution in [2.45, 2.75) is 39.2 Å². The lowest BCUT2D eigenvalue weighted by Crippen LogP contribution is -2.44. The van der Waals surface area contributed by atoms with Crippen molar-refractivity contribution < 1.29 is 62.3 Å². The molecule has 2 aromatic carbocycles. The fourth-order valence-corrected chi connectivity index (χ4v) is 9.04. The van der Waals surface area contributed by atoms with E-state index < -0.39 is 11.9 Å². The zero-order valence-corrected chi connectivity index (χ0v) is 47.5. The minimum atomic E-state index is -0.994. The number of nitrogens with one attached hydrogen (secondary N) is 5. The summed E-state index contributed by atoms with van der Waals surface area (Å²) < 4.78 is 42.7. The SMILES string of the molecule is CCN(CCN(CC=O)CCN(CCNCC(=O)NCCOCCOCCOCCOCCOCCC(=O)NCCNc1ncc(-c2cc(C)cc(F)c2)c(N2CCC(N)CC2)c1-c1nc2ccc(Cl)cc2[nH]1)CC(=O)O)CC(=O)O. The normalized spacial score (nSPS) is 13.0. The van der Waals surface area contributed by atoms with Crippen LogP contribution in [0.15, 0.2) is 42.6 Å². The summed E-state index contributed by atoms with van der Waals surface area (Å²) in [6, 6.07) is 10.5. The number of carboxylic acid groups (broad SMARTS) is 2. The molecule has 0 bridgehead atoms. The molecular formula is C55H82ClFN12O12. The van der Waals surface area contributed by atoms with E-state index in [1.165, 1.54) is 12.1 Å². The maximum atomic E-state index is 14.9. The third kappa shape index (κ3) is 25.0. The summed E-state index contributed by atoms with van der Waals surface area (Å²) in [5.74, 6) is -1.54. The van der Waals surface area contributed by atoms with Gasteiger partial charge in [0.1, 0.15) is 23.7 Å². The number of ether oxygens (including phenoxy) is 5. The molecule has 0 aliphatic carbocycles. The van der Waals surface area contributed by atoms with Gasteiger partial charge in [-0.3, -0.25) is 33.9 Å². The van der Waals surface area contributed by atoms with Gasteiger partial charge < -0.3 is 75.6 Å². The van der Waals surface area contributed by atoms with Crippen LogP contribution in [0.1, 0.15) is 31.7 Å². The number of halogens is 2. The number of carbonyl (C=O) groups is 5. The quantitative estimate of drug-likeness (QED) is 0.0233. The Morgan fingerprint density at radius 1 is 0.790 bits per heavy atom. The Hall–Kier alpha value is -5.97. The fourth-order valence-electron chi connectivity index (χ4n) is 8.86. The van der Waals surface area contributed by atoms with Gasteiger partial charge in [-0.2, -0.15) is 0 Å². The van der Waals surface area contributed by atoms with Gasteiger partial charge >= 0.3 is 11.9 Å². The molecule has 448 valence electrons. The Labute approximate surface area is 477 Å². The number of aromatic amines is 1. The van der Waals surface area contributed by atoms with E-state index in [0.29, 0.717) is 166 Å². The maximum Gasteiger partial charge on any atom is 0.317 e. The fraction of sp³-hybridized carbons (Fsp3) is 0.582. The number of nitrogens with two attached hydrogens (primary N) is 1. The van der Waals surface area contributed by atoms with Gasteiger partial charge in [-0.15, -0.1) is 0 Å². The molecule has 0 unspecified atom stereocenters. The van der Waals surface area contributed by atoms with Gasteiger partial charge in [-0.05, 0) is 67.8 Å². The number of amides is 2. The third-order valence-corrected chi connectivity index (χ3v) is 13.3. The molecular weight excluding hydrogens is 1080 g/mol. The van der Waals surface area contributed by atoms with Gasteiger partial charge in [0.15, 0.2) is 0 Å². The highest BCUT2D eigenvalue weighted by Gasteiger charge is 2.28. The van der Waals surface area contributed by atoms with E-state index in [1.54, 1.807) is 22.1 Å². The molecule has 0 atom stereocenters. The molecule has 0 saturated carbocycles. The first kappa shape index (κ1) is 65.8. The molecule has 2 amide bonds. The predicted octanol–water partition coefficient (Wildman–Crippen LogP) is 2.32. The number of piperidine rings is 1. The van der Waals surface area contributed by atoms with Crippen molar-refractivity contribution in [1.82, 2.24) is 45.6 Å². The first-order chi connectivity index (χ1) is 39.2. The first-order valence-electron chi connectivity index (χ1n) is 27.6. The van der Waals surface area contributed by atoms with Crippen LogP contribution in [0.4, 0.5) is 15.9 Å². The number of anilines is 2. The highest BCUT2D eigenvalue weighted by Crippen LogP contribution is 2.44. The second-order valence-electron chi connectivity index (χ2n) is 19.3. The smallest absolute Gasteiger partial charge is 0.317 e. The van der Waals surface area contributed by atoms with Crippen LogP contribution in [0, 0.1) is 12.7 Å². The summed E-state index contributed by atoms with van der Waals surface area (Å²) in [6.45, 7) is 12.3. The molecule has 1 aliphatic heterocycles. The topological polar surface area (TPSA) is 301 Å². The number of hydrogen-bond donors (Lipinski definition) is 8. The van der Waals surface area contributed by atoms with Crippen LogP contribution in [0.2, 0.25) is 5.02 Å². The number of carboxylic acids is 2. The lowest BCUT2D eigenvalue weighted by atomic mass is 9.96. The Kier molecular flexibility index (Phi) is 30.2. The highest BCUT2D eigenvalue weighted by atomic mass is 35.5.